The lowest BCUT2D eigenvalue weighted by molar-refractivity contribution is -0.140. The van der Waals surface area contributed by atoms with Gasteiger partial charge in [0, 0.05) is 26.3 Å². The van der Waals surface area contributed by atoms with Crippen molar-refractivity contribution < 1.29 is 62.6 Å². The number of phenolic OH excluding ortho intramolecular Hbond substituents is 1. The maximum Gasteiger partial charge on any atom is 0.245 e. The summed E-state index contributed by atoms with van der Waals surface area (Å²) < 4.78 is 0. The molecule has 1 aromatic carbocycles. The van der Waals surface area contributed by atoms with E-state index in [1.165, 1.54) is 31.3 Å². The van der Waals surface area contributed by atoms with Crippen LogP contribution in [0.15, 0.2) is 24.3 Å². The molecule has 0 aromatic heterocycles. The second-order valence-corrected chi connectivity index (χ2v) is 16.2. The number of benzene rings is 1. The highest BCUT2D eigenvalue weighted by Gasteiger charge is 2.36. The highest BCUT2D eigenvalue weighted by molar-refractivity contribution is 5.99. The fourth-order valence-electron chi connectivity index (χ4n) is 6.62. The van der Waals surface area contributed by atoms with E-state index in [0.29, 0.717) is 24.8 Å². The van der Waals surface area contributed by atoms with Gasteiger partial charge in [-0.05, 0) is 42.9 Å². The molecule has 12 amide bonds. The van der Waals surface area contributed by atoms with Crippen LogP contribution in [0.2, 0.25) is 0 Å². The zero-order valence-electron chi connectivity index (χ0n) is 38.1. The smallest absolute Gasteiger partial charge is 0.245 e. The van der Waals surface area contributed by atoms with Crippen LogP contribution in [0.1, 0.15) is 84.1 Å². The number of primary amides is 3. The summed E-state index contributed by atoms with van der Waals surface area (Å²) >= 11 is 0. The van der Waals surface area contributed by atoms with Gasteiger partial charge in [0.2, 0.25) is 70.9 Å². The first-order chi connectivity index (χ1) is 31.5. The summed E-state index contributed by atoms with van der Waals surface area (Å²) in [4.78, 5) is 158. The number of amides is 12. The highest BCUT2D eigenvalue weighted by atomic mass is 16.3. The van der Waals surface area contributed by atoms with E-state index in [1.54, 1.807) is 13.8 Å². The molecular weight excluding hydrogens is 881 g/mol. The Morgan fingerprint density at radius 2 is 1.42 bits per heavy atom. The molecule has 1 aliphatic rings. The summed E-state index contributed by atoms with van der Waals surface area (Å²) in [6.07, 6.45) is -1.29. The standard InChI is InChI=1S/C42H64N12O13/c1-5-7-8-25(37(62)47-19-32(45)58)48-35(61)21-54(4)42(67)27-14-16-33(59)46-20-34(60)49-28(17-23-9-11-24(55)12-10-23)40(65)53-36(22(3)6-2)41(66)50-26(13-15-30(43)56)38(63)52-29(18-31(44)57)39(64)51-27/h9-12,22,25-29,36,55H,5-8,13-21H2,1-4H3,(H2,43,56)(H2,44,57)(H2,45,58)(H,46,59)(H,47,62)(H,48,61)(H,49,60)(H,50,66)(H,51,64)(H,52,63)(H,53,65)/t22?,25-,26-,27-,28-,29-,36?/m0/s1. The number of unbranched alkanes of at least 4 members (excludes halogenated alkanes) is 1. The van der Waals surface area contributed by atoms with E-state index in [4.69, 9.17) is 17.2 Å². The Labute approximate surface area is 386 Å². The third-order valence-corrected chi connectivity index (χ3v) is 10.6. The molecule has 1 saturated heterocycles. The van der Waals surface area contributed by atoms with E-state index in [1.807, 2.05) is 6.92 Å². The van der Waals surface area contributed by atoms with Gasteiger partial charge in [0.1, 0.15) is 42.0 Å². The molecule has 7 atom stereocenters. The maximum atomic E-state index is 14.0. The lowest BCUT2D eigenvalue weighted by Gasteiger charge is -2.29. The summed E-state index contributed by atoms with van der Waals surface area (Å²) in [7, 11) is 1.18. The van der Waals surface area contributed by atoms with Gasteiger partial charge in [-0.1, -0.05) is 52.2 Å². The van der Waals surface area contributed by atoms with Crippen molar-refractivity contribution in [2.24, 2.45) is 23.1 Å². The number of aromatic hydroxyl groups is 1. The lowest BCUT2D eigenvalue weighted by Crippen LogP contribution is -2.61. The number of carbonyl (C=O) groups is 12. The second kappa shape index (κ2) is 27.9. The Morgan fingerprint density at radius 3 is 2.01 bits per heavy atom. The number of likely N-dealkylation sites (N-methyl/N-ethyl adjacent to an activating group) is 1. The molecule has 0 spiro atoms. The molecule has 1 aliphatic heterocycles. The van der Waals surface area contributed by atoms with Gasteiger partial charge in [0.25, 0.3) is 0 Å². The van der Waals surface area contributed by atoms with Crippen molar-refractivity contribution in [2.45, 2.75) is 121 Å². The van der Waals surface area contributed by atoms with Crippen molar-refractivity contribution in [3.63, 3.8) is 0 Å². The fraction of sp³-hybridized carbons (Fsp3) is 0.571. The van der Waals surface area contributed by atoms with Gasteiger partial charge in [0.05, 0.1) is 26.1 Å². The van der Waals surface area contributed by atoms with Gasteiger partial charge in [-0.15, -0.1) is 0 Å². The predicted octanol–water partition coefficient (Wildman–Crippen LogP) is -4.81. The minimum absolute atomic E-state index is 0.0715. The van der Waals surface area contributed by atoms with Gasteiger partial charge < -0.3 is 69.7 Å². The largest absolute Gasteiger partial charge is 0.508 e. The van der Waals surface area contributed by atoms with E-state index >= 15 is 0 Å². The van der Waals surface area contributed by atoms with Gasteiger partial charge >= 0.3 is 0 Å². The van der Waals surface area contributed by atoms with Crippen molar-refractivity contribution in [2.75, 3.05) is 26.7 Å². The Balaban J connectivity index is 2.58. The van der Waals surface area contributed by atoms with Crippen molar-refractivity contribution in [3.05, 3.63) is 29.8 Å². The number of phenols is 1. The van der Waals surface area contributed by atoms with Gasteiger partial charge in [-0.25, -0.2) is 0 Å². The van der Waals surface area contributed by atoms with E-state index < -0.39 is 165 Å². The van der Waals surface area contributed by atoms with Crippen LogP contribution in [-0.4, -0.2) is 144 Å². The van der Waals surface area contributed by atoms with Gasteiger partial charge in [-0.3, -0.25) is 57.5 Å². The summed E-state index contributed by atoms with van der Waals surface area (Å²) in [6.45, 7) is 3.32. The third-order valence-electron chi connectivity index (χ3n) is 10.6. The average Bonchev–Trinajstić information content (AvgIpc) is 3.26. The molecule has 1 heterocycles. The fourth-order valence-corrected chi connectivity index (χ4v) is 6.62. The molecule has 25 nitrogen and oxygen atoms in total. The first kappa shape index (κ1) is 55.8. The molecular formula is C42H64N12O13. The summed E-state index contributed by atoms with van der Waals surface area (Å²) in [5.74, 6) is -11.7. The molecule has 67 heavy (non-hydrogen) atoms. The molecule has 25 heteroatoms. The van der Waals surface area contributed by atoms with Crippen molar-refractivity contribution >= 4 is 70.9 Å². The first-order valence-corrected chi connectivity index (χ1v) is 21.8. The van der Waals surface area contributed by atoms with Crippen LogP contribution in [0.25, 0.3) is 0 Å². The van der Waals surface area contributed by atoms with Crippen molar-refractivity contribution in [1.29, 1.82) is 0 Å². The number of nitrogens with one attached hydrogen (secondary N) is 8. The normalized spacial score (nSPS) is 21.0. The zero-order valence-corrected chi connectivity index (χ0v) is 38.1. The lowest BCUT2D eigenvalue weighted by atomic mass is 9.96. The van der Waals surface area contributed by atoms with Crippen LogP contribution in [0, 0.1) is 5.92 Å². The summed E-state index contributed by atoms with van der Waals surface area (Å²) in [6, 6.07) is -3.22. The minimum Gasteiger partial charge on any atom is -0.508 e. The van der Waals surface area contributed by atoms with Crippen LogP contribution in [0.4, 0.5) is 0 Å². The van der Waals surface area contributed by atoms with Gasteiger partial charge in [-0.2, -0.15) is 0 Å². The number of carbonyl (C=O) groups excluding carboxylic acids is 12. The quantitative estimate of drug-likeness (QED) is 0.0621. The Hall–Kier alpha value is -7.34. The Bertz CT molecular complexity index is 1980. The minimum atomic E-state index is -1.83. The monoisotopic (exact) mass is 944 g/mol. The number of hydrogen-bond donors (Lipinski definition) is 12. The van der Waals surface area contributed by atoms with Gasteiger partial charge in [0.15, 0.2) is 0 Å². The highest BCUT2D eigenvalue weighted by Crippen LogP contribution is 2.14. The van der Waals surface area contributed by atoms with Crippen molar-refractivity contribution in [1.82, 2.24) is 47.4 Å². The molecule has 1 aromatic rings. The second-order valence-electron chi connectivity index (χ2n) is 16.2. The third kappa shape index (κ3) is 20.2. The van der Waals surface area contributed by atoms with Crippen molar-refractivity contribution in [3.8, 4) is 5.75 Å². The number of nitrogens with zero attached hydrogens (tertiary/aromatic N) is 1. The van der Waals surface area contributed by atoms with Crippen LogP contribution < -0.4 is 59.7 Å². The molecule has 2 rings (SSSR count). The Morgan fingerprint density at radius 1 is 0.791 bits per heavy atom. The molecule has 2 unspecified atom stereocenters. The van der Waals surface area contributed by atoms with Crippen LogP contribution >= 0.6 is 0 Å². The summed E-state index contributed by atoms with van der Waals surface area (Å²) in [5, 5.41) is 29.3. The Kier molecular flexibility index (Phi) is 23.2. The maximum absolute atomic E-state index is 14.0. The molecule has 0 saturated carbocycles. The van der Waals surface area contributed by atoms with E-state index in [9.17, 15) is 62.6 Å². The number of rotatable bonds is 19. The van der Waals surface area contributed by atoms with E-state index in [2.05, 4.69) is 42.5 Å². The topological polar surface area (TPSA) is 403 Å². The van der Waals surface area contributed by atoms with Crippen LogP contribution in [0.3, 0.4) is 0 Å². The summed E-state index contributed by atoms with van der Waals surface area (Å²) in [5.41, 5.74) is 16.4. The molecule has 15 N–H and O–H groups in total. The first-order valence-electron chi connectivity index (χ1n) is 21.8. The van der Waals surface area contributed by atoms with E-state index in [-0.39, 0.29) is 18.6 Å². The van der Waals surface area contributed by atoms with Crippen LogP contribution in [0.5, 0.6) is 5.75 Å². The van der Waals surface area contributed by atoms with E-state index in [0.717, 1.165) is 4.90 Å². The SMILES string of the molecule is CCCC[C@H](NC(=O)CN(C)C(=O)[C@@H]1CCC(=O)NCC(=O)N[C@@H](Cc2ccc(O)cc2)C(=O)NC(C(C)CC)C(=O)N[C@@H](CCC(N)=O)C(=O)N[C@@H](CC(N)=O)C(=O)N1)C(=O)NCC(N)=O. The molecule has 370 valence electrons. The molecule has 1 fully saturated rings. The number of hydrogen-bond acceptors (Lipinski definition) is 13. The predicted molar refractivity (Wildman–Crippen MR) is 237 cm³/mol. The zero-order chi connectivity index (χ0) is 50.4. The molecule has 0 bridgehead atoms. The average molecular weight is 945 g/mol. The number of nitrogens with two attached hydrogens (primary N) is 3. The molecule has 0 radical (unpaired) electrons. The van der Waals surface area contributed by atoms with Crippen LogP contribution in [-0.2, 0) is 64.0 Å². The molecule has 0 aliphatic carbocycles.